The summed E-state index contributed by atoms with van der Waals surface area (Å²) in [5.41, 5.74) is 0. The SMILES string of the molecule is CCCCC(C)CC[C]1CCCCC1. The average Bonchev–Trinajstić information content (AvgIpc) is 2.25. The van der Waals surface area contributed by atoms with Crippen LogP contribution in [0.2, 0.25) is 0 Å². The number of hydrogen-bond donors (Lipinski definition) is 0. The van der Waals surface area contributed by atoms with Crippen LogP contribution >= 0.6 is 0 Å². The Morgan fingerprint density at radius 2 is 1.79 bits per heavy atom. The second kappa shape index (κ2) is 7.31. The van der Waals surface area contributed by atoms with Crippen molar-refractivity contribution in [2.45, 2.75) is 78.1 Å². The first-order valence-corrected chi connectivity index (χ1v) is 6.66. The number of hydrogen-bond acceptors (Lipinski definition) is 0. The van der Waals surface area contributed by atoms with Crippen molar-refractivity contribution < 1.29 is 0 Å². The zero-order valence-corrected chi connectivity index (χ0v) is 10.1. The molecule has 83 valence electrons. The van der Waals surface area contributed by atoms with E-state index >= 15 is 0 Å². The first-order valence-electron chi connectivity index (χ1n) is 6.66. The van der Waals surface area contributed by atoms with Gasteiger partial charge in [0.2, 0.25) is 0 Å². The Kier molecular flexibility index (Phi) is 6.31. The topological polar surface area (TPSA) is 0 Å². The summed E-state index contributed by atoms with van der Waals surface area (Å²) in [6, 6.07) is 0. The maximum atomic E-state index is 2.43. The zero-order chi connectivity index (χ0) is 10.2. The lowest BCUT2D eigenvalue weighted by Gasteiger charge is -2.22. The minimum atomic E-state index is 0.962. The predicted molar refractivity (Wildman–Crippen MR) is 64.3 cm³/mol. The van der Waals surface area contributed by atoms with Gasteiger partial charge in [-0.05, 0) is 31.1 Å². The van der Waals surface area contributed by atoms with Gasteiger partial charge in [-0.25, -0.2) is 0 Å². The lowest BCUT2D eigenvalue weighted by Crippen LogP contribution is -2.06. The van der Waals surface area contributed by atoms with Gasteiger partial charge >= 0.3 is 0 Å². The van der Waals surface area contributed by atoms with Crippen molar-refractivity contribution in [1.82, 2.24) is 0 Å². The van der Waals surface area contributed by atoms with Crippen molar-refractivity contribution in [1.29, 1.82) is 0 Å². The molecule has 1 unspecified atom stereocenters. The second-order valence-corrected chi connectivity index (χ2v) is 5.10. The quantitative estimate of drug-likeness (QED) is 0.551. The van der Waals surface area contributed by atoms with Gasteiger partial charge in [0.05, 0.1) is 0 Å². The van der Waals surface area contributed by atoms with Crippen molar-refractivity contribution in [3.63, 3.8) is 0 Å². The molecule has 0 heterocycles. The van der Waals surface area contributed by atoms with Crippen LogP contribution in [0, 0.1) is 11.8 Å². The van der Waals surface area contributed by atoms with Crippen molar-refractivity contribution in [2.75, 3.05) is 0 Å². The molecule has 0 aromatic rings. The van der Waals surface area contributed by atoms with E-state index in [4.69, 9.17) is 0 Å². The van der Waals surface area contributed by atoms with Crippen molar-refractivity contribution in [2.24, 2.45) is 5.92 Å². The molecule has 1 atom stereocenters. The first-order chi connectivity index (χ1) is 6.83. The molecule has 1 radical (unpaired) electrons. The Balaban J connectivity index is 2.00. The van der Waals surface area contributed by atoms with Crippen LogP contribution in [-0.2, 0) is 0 Å². The summed E-state index contributed by atoms with van der Waals surface area (Å²) in [4.78, 5) is 0. The maximum Gasteiger partial charge on any atom is -0.0241 e. The minimum absolute atomic E-state index is 0.962. The zero-order valence-electron chi connectivity index (χ0n) is 10.1. The monoisotopic (exact) mass is 195 g/mol. The Bertz CT molecular complexity index is 122. The number of unbranched alkanes of at least 4 members (excludes halogenated alkanes) is 1. The fraction of sp³-hybridized carbons (Fsp3) is 0.929. The molecule has 1 aliphatic rings. The molecule has 1 aliphatic carbocycles. The summed E-state index contributed by atoms with van der Waals surface area (Å²) >= 11 is 0. The summed E-state index contributed by atoms with van der Waals surface area (Å²) < 4.78 is 0. The summed E-state index contributed by atoms with van der Waals surface area (Å²) in [6.45, 7) is 4.72. The van der Waals surface area contributed by atoms with Crippen LogP contribution in [0.5, 0.6) is 0 Å². The normalized spacial score (nSPS) is 21.0. The van der Waals surface area contributed by atoms with Gasteiger partial charge in [-0.1, -0.05) is 58.8 Å². The molecule has 14 heavy (non-hydrogen) atoms. The van der Waals surface area contributed by atoms with E-state index in [1.165, 1.54) is 64.2 Å². The van der Waals surface area contributed by atoms with Crippen LogP contribution in [0.25, 0.3) is 0 Å². The molecular formula is C14H27. The van der Waals surface area contributed by atoms with Crippen LogP contribution in [0.15, 0.2) is 0 Å². The highest BCUT2D eigenvalue weighted by molar-refractivity contribution is 4.92. The van der Waals surface area contributed by atoms with E-state index < -0.39 is 0 Å². The highest BCUT2D eigenvalue weighted by atomic mass is 14.2. The third-order valence-corrected chi connectivity index (χ3v) is 3.60. The van der Waals surface area contributed by atoms with E-state index in [9.17, 15) is 0 Å². The molecule has 0 heteroatoms. The average molecular weight is 195 g/mol. The molecule has 0 spiro atoms. The predicted octanol–water partition coefficient (Wildman–Crippen LogP) is 5.13. The van der Waals surface area contributed by atoms with E-state index in [0.29, 0.717) is 0 Å². The molecule has 1 saturated carbocycles. The minimum Gasteiger partial charge on any atom is -0.0654 e. The van der Waals surface area contributed by atoms with Gasteiger partial charge in [0.25, 0.3) is 0 Å². The van der Waals surface area contributed by atoms with Crippen molar-refractivity contribution in [3.8, 4) is 0 Å². The van der Waals surface area contributed by atoms with E-state index in [0.717, 1.165) is 5.92 Å². The molecule has 0 aliphatic heterocycles. The van der Waals surface area contributed by atoms with Gasteiger partial charge in [0.1, 0.15) is 0 Å². The molecule has 0 aromatic carbocycles. The highest BCUT2D eigenvalue weighted by Crippen LogP contribution is 2.31. The summed E-state index contributed by atoms with van der Waals surface area (Å²) in [7, 11) is 0. The van der Waals surface area contributed by atoms with Crippen molar-refractivity contribution >= 4 is 0 Å². The maximum absolute atomic E-state index is 2.43. The fourth-order valence-corrected chi connectivity index (χ4v) is 2.45. The largest absolute Gasteiger partial charge is 0.0654 e. The standard InChI is InChI=1S/C14H27/c1-3-4-8-13(2)11-12-14-9-6-5-7-10-14/h13H,3-12H2,1-2H3. The van der Waals surface area contributed by atoms with Gasteiger partial charge in [-0.15, -0.1) is 0 Å². The summed E-state index contributed by atoms with van der Waals surface area (Å²) in [5, 5.41) is 0. The summed E-state index contributed by atoms with van der Waals surface area (Å²) in [6.07, 6.45) is 14.4. The number of rotatable bonds is 6. The van der Waals surface area contributed by atoms with Gasteiger partial charge in [0.15, 0.2) is 0 Å². The first kappa shape index (κ1) is 12.1. The van der Waals surface area contributed by atoms with Crippen molar-refractivity contribution in [3.05, 3.63) is 5.92 Å². The highest BCUT2D eigenvalue weighted by Gasteiger charge is 2.14. The lowest BCUT2D eigenvalue weighted by molar-refractivity contribution is 0.426. The molecule has 0 saturated heterocycles. The third kappa shape index (κ3) is 5.02. The molecule has 0 aromatic heterocycles. The van der Waals surface area contributed by atoms with Gasteiger partial charge in [-0.2, -0.15) is 0 Å². The van der Waals surface area contributed by atoms with E-state index in [2.05, 4.69) is 13.8 Å². The Hall–Kier alpha value is 0. The van der Waals surface area contributed by atoms with Crippen LogP contribution < -0.4 is 0 Å². The fourth-order valence-electron chi connectivity index (χ4n) is 2.45. The molecular weight excluding hydrogens is 168 g/mol. The molecule has 0 N–H and O–H groups in total. The van der Waals surface area contributed by atoms with E-state index in [1.807, 2.05) is 5.92 Å². The van der Waals surface area contributed by atoms with Crippen LogP contribution in [-0.4, -0.2) is 0 Å². The third-order valence-electron chi connectivity index (χ3n) is 3.60. The van der Waals surface area contributed by atoms with Crippen LogP contribution in [0.4, 0.5) is 0 Å². The second-order valence-electron chi connectivity index (χ2n) is 5.10. The molecule has 0 amide bonds. The Morgan fingerprint density at radius 1 is 1.07 bits per heavy atom. The van der Waals surface area contributed by atoms with Crippen LogP contribution in [0.3, 0.4) is 0 Å². The van der Waals surface area contributed by atoms with Gasteiger partial charge in [0, 0.05) is 0 Å². The molecule has 1 rings (SSSR count). The smallest absolute Gasteiger partial charge is 0.0241 e. The molecule has 1 fully saturated rings. The molecule has 0 bridgehead atoms. The van der Waals surface area contributed by atoms with E-state index in [-0.39, 0.29) is 0 Å². The van der Waals surface area contributed by atoms with Crippen LogP contribution in [0.1, 0.15) is 78.1 Å². The Labute approximate surface area is 90.5 Å². The van der Waals surface area contributed by atoms with Gasteiger partial charge < -0.3 is 0 Å². The molecule has 0 nitrogen and oxygen atoms in total. The Morgan fingerprint density at radius 3 is 2.43 bits per heavy atom. The summed E-state index contributed by atoms with van der Waals surface area (Å²) in [5.74, 6) is 2.84. The van der Waals surface area contributed by atoms with Gasteiger partial charge in [-0.3, -0.25) is 0 Å². The lowest BCUT2D eigenvalue weighted by atomic mass is 9.84. The van der Waals surface area contributed by atoms with E-state index in [1.54, 1.807) is 0 Å².